The highest BCUT2D eigenvalue weighted by atomic mass is 16.5. The smallest absolute Gasteiger partial charge is 0.313 e. The fourth-order valence-electron chi connectivity index (χ4n) is 4.29. The van der Waals surface area contributed by atoms with Crippen LogP contribution in [0.25, 0.3) is 5.57 Å². The van der Waals surface area contributed by atoms with Gasteiger partial charge in [-0.3, -0.25) is 4.79 Å². The van der Waals surface area contributed by atoms with Gasteiger partial charge in [-0.2, -0.15) is 0 Å². The normalized spacial score (nSPS) is 36.8. The van der Waals surface area contributed by atoms with Crippen LogP contribution in [0, 0.1) is 16.7 Å². The first-order chi connectivity index (χ1) is 8.97. The van der Waals surface area contributed by atoms with Gasteiger partial charge in [0.25, 0.3) is 0 Å². The van der Waals surface area contributed by atoms with Crippen LogP contribution in [0.15, 0.2) is 23.3 Å². The molecular weight excluding hydrogens is 240 g/mol. The van der Waals surface area contributed by atoms with Gasteiger partial charge in [-0.1, -0.05) is 20.4 Å². The largest absolute Gasteiger partial charge is 0.469 e. The third-order valence-electron chi connectivity index (χ3n) is 5.63. The van der Waals surface area contributed by atoms with Crippen molar-refractivity contribution in [3.05, 3.63) is 30.2 Å². The minimum atomic E-state index is -0.524. The van der Waals surface area contributed by atoms with Gasteiger partial charge in [-0.15, -0.1) is 0 Å². The van der Waals surface area contributed by atoms with Gasteiger partial charge in [0.1, 0.15) is 5.76 Å². The average molecular weight is 260 g/mol. The summed E-state index contributed by atoms with van der Waals surface area (Å²) in [4.78, 5) is 12.6. The van der Waals surface area contributed by atoms with Crippen molar-refractivity contribution in [3.8, 4) is 0 Å². The van der Waals surface area contributed by atoms with Crippen LogP contribution >= 0.6 is 0 Å². The van der Waals surface area contributed by atoms with E-state index in [9.17, 15) is 4.79 Å². The van der Waals surface area contributed by atoms with Gasteiger partial charge >= 0.3 is 5.97 Å². The summed E-state index contributed by atoms with van der Waals surface area (Å²) < 4.78 is 10.7. The lowest BCUT2D eigenvalue weighted by atomic mass is 9.54. The molecule has 19 heavy (non-hydrogen) atoms. The van der Waals surface area contributed by atoms with Crippen molar-refractivity contribution in [2.75, 3.05) is 7.11 Å². The molecule has 0 bridgehead atoms. The van der Waals surface area contributed by atoms with Crippen molar-refractivity contribution < 1.29 is 13.9 Å². The number of hydrogen-bond acceptors (Lipinski definition) is 3. The fraction of sp³-hybridized carbons (Fsp3) is 0.562. The van der Waals surface area contributed by atoms with E-state index in [1.165, 1.54) is 7.11 Å². The Morgan fingerprint density at radius 2 is 2.32 bits per heavy atom. The summed E-state index contributed by atoms with van der Waals surface area (Å²) in [6.45, 7) is 8.57. The first kappa shape index (κ1) is 12.5. The summed E-state index contributed by atoms with van der Waals surface area (Å²) in [5.74, 6) is 1.03. The van der Waals surface area contributed by atoms with E-state index in [1.807, 2.05) is 6.07 Å². The number of furan rings is 1. The predicted molar refractivity (Wildman–Crippen MR) is 72.4 cm³/mol. The van der Waals surface area contributed by atoms with Gasteiger partial charge in [0, 0.05) is 17.4 Å². The van der Waals surface area contributed by atoms with E-state index >= 15 is 0 Å². The molecule has 3 heteroatoms. The van der Waals surface area contributed by atoms with Crippen molar-refractivity contribution in [1.82, 2.24) is 0 Å². The maximum Gasteiger partial charge on any atom is 0.313 e. The van der Waals surface area contributed by atoms with Crippen molar-refractivity contribution in [2.24, 2.45) is 16.7 Å². The topological polar surface area (TPSA) is 39.4 Å². The molecule has 1 aromatic rings. The van der Waals surface area contributed by atoms with Gasteiger partial charge in [0.05, 0.1) is 18.8 Å². The Hall–Kier alpha value is -1.51. The van der Waals surface area contributed by atoms with Crippen molar-refractivity contribution >= 4 is 11.5 Å². The second-order valence-electron chi connectivity index (χ2n) is 6.15. The number of carbonyl (C=O) groups excluding carboxylic acids is 1. The molecular formula is C16H20O3. The number of carbonyl (C=O) groups is 1. The molecule has 3 rings (SSSR count). The molecule has 1 fully saturated rings. The Morgan fingerprint density at radius 3 is 3.00 bits per heavy atom. The first-order valence-electron chi connectivity index (χ1n) is 6.82. The number of ether oxygens (including phenoxy) is 1. The molecule has 0 unspecified atom stereocenters. The zero-order valence-corrected chi connectivity index (χ0v) is 11.8. The van der Waals surface area contributed by atoms with Gasteiger partial charge in [0.2, 0.25) is 0 Å². The number of allylic oxidation sites excluding steroid dienone is 1. The lowest BCUT2D eigenvalue weighted by Gasteiger charge is -2.47. The molecule has 3 nitrogen and oxygen atoms in total. The molecule has 2 aliphatic carbocycles. The third kappa shape index (κ3) is 1.26. The highest BCUT2D eigenvalue weighted by Crippen LogP contribution is 2.66. The van der Waals surface area contributed by atoms with Crippen LogP contribution in [0.4, 0.5) is 0 Å². The number of hydrogen-bond donors (Lipinski definition) is 0. The summed E-state index contributed by atoms with van der Waals surface area (Å²) in [6.07, 6.45) is 4.32. The Bertz CT molecular complexity index is 556. The third-order valence-corrected chi connectivity index (χ3v) is 5.63. The van der Waals surface area contributed by atoms with Crippen LogP contribution in [0.3, 0.4) is 0 Å². The molecule has 0 saturated heterocycles. The Morgan fingerprint density at radius 1 is 1.58 bits per heavy atom. The summed E-state index contributed by atoms with van der Waals surface area (Å²) in [5, 5.41) is 0. The van der Waals surface area contributed by atoms with E-state index in [0.717, 1.165) is 29.7 Å². The van der Waals surface area contributed by atoms with Crippen LogP contribution in [-0.2, 0) is 16.0 Å². The fourth-order valence-corrected chi connectivity index (χ4v) is 4.29. The number of methoxy groups -OCH3 is 1. The molecule has 1 saturated carbocycles. The number of esters is 1. The van der Waals surface area contributed by atoms with E-state index in [2.05, 4.69) is 20.4 Å². The molecule has 0 aliphatic heterocycles. The maximum atomic E-state index is 12.6. The number of fused-ring (bicyclic) bond motifs is 2. The Balaban J connectivity index is 2.24. The first-order valence-corrected chi connectivity index (χ1v) is 6.82. The lowest BCUT2D eigenvalue weighted by molar-refractivity contribution is -0.161. The molecule has 2 aliphatic rings. The minimum Gasteiger partial charge on any atom is -0.469 e. The second-order valence-corrected chi connectivity index (χ2v) is 6.15. The SMILES string of the molecule is C=C1c2ccoc2C[C@@]2(C(=O)OC)[C@H](C)CC[C@@]12C. The van der Waals surface area contributed by atoms with E-state index in [0.29, 0.717) is 6.42 Å². The van der Waals surface area contributed by atoms with Gasteiger partial charge in [0.15, 0.2) is 0 Å². The van der Waals surface area contributed by atoms with Gasteiger partial charge in [-0.25, -0.2) is 0 Å². The van der Waals surface area contributed by atoms with Crippen molar-refractivity contribution in [2.45, 2.75) is 33.1 Å². The zero-order chi connectivity index (χ0) is 13.8. The van der Waals surface area contributed by atoms with E-state index < -0.39 is 5.41 Å². The monoisotopic (exact) mass is 260 g/mol. The lowest BCUT2D eigenvalue weighted by Crippen LogP contribution is -2.50. The van der Waals surface area contributed by atoms with Crippen LogP contribution in [0.5, 0.6) is 0 Å². The van der Waals surface area contributed by atoms with E-state index in [-0.39, 0.29) is 17.3 Å². The summed E-state index contributed by atoms with van der Waals surface area (Å²) in [6, 6.07) is 1.97. The van der Waals surface area contributed by atoms with E-state index in [1.54, 1.807) is 6.26 Å². The van der Waals surface area contributed by atoms with Crippen LogP contribution < -0.4 is 0 Å². The molecule has 102 valence electrons. The Kier molecular flexibility index (Phi) is 2.47. The average Bonchev–Trinajstić information content (AvgIpc) is 2.96. The molecule has 0 radical (unpaired) electrons. The minimum absolute atomic E-state index is 0.122. The molecule has 0 N–H and O–H groups in total. The molecule has 1 aromatic heterocycles. The molecule has 3 atom stereocenters. The molecule has 0 aromatic carbocycles. The van der Waals surface area contributed by atoms with Gasteiger partial charge in [-0.05, 0) is 30.4 Å². The quantitative estimate of drug-likeness (QED) is 0.726. The number of rotatable bonds is 1. The van der Waals surface area contributed by atoms with Crippen molar-refractivity contribution in [3.63, 3.8) is 0 Å². The Labute approximate surface area is 113 Å². The standard InChI is InChI=1S/C16H20O3/c1-10-5-7-15(3)11(2)12-6-8-19-13(12)9-16(10,15)14(17)18-4/h6,8,10H,2,5,7,9H2,1,3-4H3/t10-,15+,16+/m1/s1. The van der Waals surface area contributed by atoms with Crippen LogP contribution in [0.2, 0.25) is 0 Å². The van der Waals surface area contributed by atoms with Crippen LogP contribution in [0.1, 0.15) is 38.0 Å². The second kappa shape index (κ2) is 3.75. The highest BCUT2D eigenvalue weighted by molar-refractivity contribution is 5.87. The molecule has 0 amide bonds. The van der Waals surface area contributed by atoms with E-state index in [4.69, 9.17) is 9.15 Å². The summed E-state index contributed by atoms with van der Waals surface area (Å²) in [7, 11) is 1.48. The van der Waals surface area contributed by atoms with Gasteiger partial charge < -0.3 is 9.15 Å². The van der Waals surface area contributed by atoms with Crippen molar-refractivity contribution in [1.29, 1.82) is 0 Å². The summed E-state index contributed by atoms with van der Waals surface area (Å²) in [5.41, 5.74) is 1.36. The molecule has 1 heterocycles. The highest BCUT2D eigenvalue weighted by Gasteiger charge is 2.65. The van der Waals surface area contributed by atoms with Crippen LogP contribution in [-0.4, -0.2) is 13.1 Å². The maximum absolute atomic E-state index is 12.6. The zero-order valence-electron chi connectivity index (χ0n) is 11.8. The molecule has 0 spiro atoms. The predicted octanol–water partition coefficient (Wildman–Crippen LogP) is 3.44. The summed E-state index contributed by atoms with van der Waals surface area (Å²) >= 11 is 0.